The van der Waals surface area contributed by atoms with Crippen molar-refractivity contribution in [3.05, 3.63) is 29.6 Å². The van der Waals surface area contributed by atoms with Gasteiger partial charge in [0.15, 0.2) is 0 Å². The van der Waals surface area contributed by atoms with Gasteiger partial charge in [0, 0.05) is 31.3 Å². The summed E-state index contributed by atoms with van der Waals surface area (Å²) in [6.07, 6.45) is 2.26. The van der Waals surface area contributed by atoms with Gasteiger partial charge in [-0.15, -0.1) is 0 Å². The van der Waals surface area contributed by atoms with Crippen LogP contribution in [-0.4, -0.2) is 52.7 Å². The third kappa shape index (κ3) is 2.83. The van der Waals surface area contributed by atoms with Crippen LogP contribution in [0.4, 0.5) is 0 Å². The van der Waals surface area contributed by atoms with Gasteiger partial charge >= 0.3 is 5.97 Å². The fraction of sp³-hybridized carbons (Fsp3) is 0.562. The smallest absolute Gasteiger partial charge is 0.335 e. The summed E-state index contributed by atoms with van der Waals surface area (Å²) >= 11 is 0. The van der Waals surface area contributed by atoms with Crippen LogP contribution in [-0.2, 0) is 4.74 Å². The quantitative estimate of drug-likeness (QED) is 0.900. The lowest BCUT2D eigenvalue weighted by Gasteiger charge is -2.54. The maximum absolute atomic E-state index is 12.5. The number of carbonyl (C=O) groups is 2. The van der Waals surface area contributed by atoms with Gasteiger partial charge in [0.2, 0.25) is 0 Å². The number of aromatic carboxylic acids is 1. The number of carboxylic acids is 1. The van der Waals surface area contributed by atoms with E-state index in [1.54, 1.807) is 11.9 Å². The summed E-state index contributed by atoms with van der Waals surface area (Å²) in [5, 5.41) is 9.00. The van der Waals surface area contributed by atoms with Crippen LogP contribution in [0.15, 0.2) is 18.3 Å². The van der Waals surface area contributed by atoms with E-state index in [4.69, 9.17) is 9.84 Å². The third-order valence-corrected chi connectivity index (χ3v) is 4.51. The number of pyridine rings is 1. The summed E-state index contributed by atoms with van der Waals surface area (Å²) in [4.78, 5) is 29.2. The molecule has 2 unspecified atom stereocenters. The number of nitrogens with zero attached hydrogens (tertiary/aromatic N) is 2. The Kier molecular flexibility index (Phi) is 4.51. The van der Waals surface area contributed by atoms with Crippen molar-refractivity contribution < 1.29 is 19.4 Å². The van der Waals surface area contributed by atoms with Gasteiger partial charge in [-0.25, -0.2) is 4.79 Å². The van der Waals surface area contributed by atoms with Crippen LogP contribution in [0.3, 0.4) is 0 Å². The second kappa shape index (κ2) is 6.04. The molecule has 22 heavy (non-hydrogen) atoms. The van der Waals surface area contributed by atoms with E-state index in [1.807, 2.05) is 6.92 Å². The van der Waals surface area contributed by atoms with Gasteiger partial charge in [0.1, 0.15) is 5.69 Å². The minimum atomic E-state index is -1.07. The molecule has 0 bridgehead atoms. The first kappa shape index (κ1) is 16.4. The Balaban J connectivity index is 2.14. The molecule has 2 atom stereocenters. The molecule has 6 heteroatoms. The molecule has 1 amide bonds. The molecule has 1 aliphatic rings. The van der Waals surface area contributed by atoms with Crippen molar-refractivity contribution >= 4 is 11.9 Å². The van der Waals surface area contributed by atoms with Crippen molar-refractivity contribution in [1.82, 2.24) is 9.88 Å². The summed E-state index contributed by atoms with van der Waals surface area (Å²) < 4.78 is 5.68. The predicted octanol–water partition coefficient (Wildman–Crippen LogP) is 2.06. The Morgan fingerprint density at radius 1 is 1.50 bits per heavy atom. The molecule has 0 radical (unpaired) electrons. The molecule has 0 saturated heterocycles. The zero-order chi connectivity index (χ0) is 16.5. The first-order valence-corrected chi connectivity index (χ1v) is 7.37. The second-order valence-corrected chi connectivity index (χ2v) is 6.17. The molecular formula is C16H22N2O4. The van der Waals surface area contributed by atoms with E-state index in [9.17, 15) is 9.59 Å². The molecule has 1 aliphatic carbocycles. The summed E-state index contributed by atoms with van der Waals surface area (Å²) in [5.41, 5.74) is 0.0787. The molecular weight excluding hydrogens is 284 g/mol. The minimum absolute atomic E-state index is 0.0480. The van der Waals surface area contributed by atoms with Crippen LogP contribution in [0, 0.1) is 5.41 Å². The van der Waals surface area contributed by atoms with Crippen LogP contribution in [0.1, 0.15) is 48.0 Å². The molecule has 1 N–H and O–H groups in total. The van der Waals surface area contributed by atoms with Crippen LogP contribution in [0.25, 0.3) is 0 Å². The number of carboxylic acid groups (broad SMARTS) is 1. The van der Waals surface area contributed by atoms with Crippen molar-refractivity contribution in [1.29, 1.82) is 0 Å². The van der Waals surface area contributed by atoms with Gasteiger partial charge < -0.3 is 14.7 Å². The van der Waals surface area contributed by atoms with Crippen molar-refractivity contribution in [2.24, 2.45) is 5.41 Å². The standard InChI is InChI=1S/C16H22N2O4/c1-5-22-13-9-12(16(13,2)3)18(4)14(19)11-8-10(15(20)21)6-7-17-11/h6-8,12-13H,5,9H2,1-4H3,(H,20,21). The van der Waals surface area contributed by atoms with E-state index < -0.39 is 5.97 Å². The highest BCUT2D eigenvalue weighted by Crippen LogP contribution is 2.45. The number of hydrogen-bond donors (Lipinski definition) is 1. The van der Waals surface area contributed by atoms with E-state index in [1.165, 1.54) is 18.3 Å². The average Bonchev–Trinajstić information content (AvgIpc) is 2.49. The second-order valence-electron chi connectivity index (χ2n) is 6.17. The van der Waals surface area contributed by atoms with Gasteiger partial charge in [0.05, 0.1) is 11.7 Å². The van der Waals surface area contributed by atoms with Crippen molar-refractivity contribution in [3.8, 4) is 0 Å². The first-order valence-electron chi connectivity index (χ1n) is 7.37. The lowest BCUT2D eigenvalue weighted by Crippen LogP contribution is -2.62. The maximum atomic E-state index is 12.5. The highest BCUT2D eigenvalue weighted by atomic mass is 16.5. The largest absolute Gasteiger partial charge is 0.478 e. The zero-order valence-corrected chi connectivity index (χ0v) is 13.4. The van der Waals surface area contributed by atoms with E-state index in [-0.39, 0.29) is 34.7 Å². The summed E-state index contributed by atoms with van der Waals surface area (Å²) in [7, 11) is 1.73. The lowest BCUT2D eigenvalue weighted by atomic mass is 9.63. The topological polar surface area (TPSA) is 79.7 Å². The number of carbonyl (C=O) groups excluding carboxylic acids is 1. The molecule has 1 saturated carbocycles. The molecule has 0 aliphatic heterocycles. The fourth-order valence-electron chi connectivity index (χ4n) is 3.01. The molecule has 1 heterocycles. The molecule has 120 valence electrons. The molecule has 6 nitrogen and oxygen atoms in total. The zero-order valence-electron chi connectivity index (χ0n) is 13.4. The summed E-state index contributed by atoms with van der Waals surface area (Å²) in [6.45, 7) is 6.76. The Morgan fingerprint density at radius 2 is 2.18 bits per heavy atom. The van der Waals surface area contributed by atoms with Crippen molar-refractivity contribution in [2.75, 3.05) is 13.7 Å². The van der Waals surface area contributed by atoms with E-state index in [0.29, 0.717) is 6.61 Å². The Bertz CT molecular complexity index is 585. The SMILES string of the molecule is CCOC1CC(N(C)C(=O)c2cc(C(=O)O)ccn2)C1(C)C. The summed E-state index contributed by atoms with van der Waals surface area (Å²) in [5.74, 6) is -1.34. The van der Waals surface area contributed by atoms with E-state index in [0.717, 1.165) is 6.42 Å². The molecule has 2 rings (SSSR count). The Morgan fingerprint density at radius 3 is 2.73 bits per heavy atom. The number of rotatable bonds is 5. The van der Waals surface area contributed by atoms with E-state index in [2.05, 4.69) is 18.8 Å². The molecule has 0 aromatic carbocycles. The van der Waals surface area contributed by atoms with Gasteiger partial charge in [-0.1, -0.05) is 13.8 Å². The highest BCUT2D eigenvalue weighted by molar-refractivity contribution is 5.95. The van der Waals surface area contributed by atoms with Gasteiger partial charge in [-0.05, 0) is 25.5 Å². The highest BCUT2D eigenvalue weighted by Gasteiger charge is 2.51. The third-order valence-electron chi connectivity index (χ3n) is 4.51. The Hall–Kier alpha value is -1.95. The van der Waals surface area contributed by atoms with E-state index >= 15 is 0 Å². The molecule has 1 aromatic heterocycles. The minimum Gasteiger partial charge on any atom is -0.478 e. The number of ether oxygens (including phenoxy) is 1. The normalized spacial score (nSPS) is 22.7. The lowest BCUT2D eigenvalue weighted by molar-refractivity contribution is -0.136. The molecule has 1 fully saturated rings. The van der Waals surface area contributed by atoms with Crippen LogP contribution < -0.4 is 0 Å². The number of amides is 1. The van der Waals surface area contributed by atoms with Gasteiger partial charge in [-0.2, -0.15) is 0 Å². The fourth-order valence-corrected chi connectivity index (χ4v) is 3.01. The monoisotopic (exact) mass is 306 g/mol. The molecule has 1 aromatic rings. The predicted molar refractivity (Wildman–Crippen MR) is 80.9 cm³/mol. The summed E-state index contributed by atoms with van der Waals surface area (Å²) in [6, 6.07) is 2.73. The van der Waals surface area contributed by atoms with Crippen LogP contribution >= 0.6 is 0 Å². The van der Waals surface area contributed by atoms with Gasteiger partial charge in [-0.3, -0.25) is 9.78 Å². The average molecular weight is 306 g/mol. The van der Waals surface area contributed by atoms with Crippen LogP contribution in [0.2, 0.25) is 0 Å². The van der Waals surface area contributed by atoms with Gasteiger partial charge in [0.25, 0.3) is 5.91 Å². The first-order chi connectivity index (χ1) is 10.3. The number of aromatic nitrogens is 1. The molecule has 0 spiro atoms. The Labute approximate surface area is 130 Å². The van der Waals surface area contributed by atoms with Crippen molar-refractivity contribution in [3.63, 3.8) is 0 Å². The number of hydrogen-bond acceptors (Lipinski definition) is 4. The van der Waals surface area contributed by atoms with Crippen LogP contribution in [0.5, 0.6) is 0 Å². The maximum Gasteiger partial charge on any atom is 0.335 e. The van der Waals surface area contributed by atoms with Crippen molar-refractivity contribution in [2.45, 2.75) is 39.3 Å².